The van der Waals surface area contributed by atoms with Crippen LogP contribution in [0.1, 0.15) is 26.3 Å². The Morgan fingerprint density at radius 3 is 2.18 bits per heavy atom. The molecule has 0 bridgehead atoms. The minimum absolute atomic E-state index is 0.237. The summed E-state index contributed by atoms with van der Waals surface area (Å²) in [5.74, 6) is 0. The summed E-state index contributed by atoms with van der Waals surface area (Å²) in [6.07, 6.45) is 0.988. The number of rotatable bonds is 4. The third kappa shape index (κ3) is 3.90. The summed E-state index contributed by atoms with van der Waals surface area (Å²) < 4.78 is 53.7. The Balaban J connectivity index is 2.23. The van der Waals surface area contributed by atoms with Crippen molar-refractivity contribution in [2.45, 2.75) is 36.0 Å². The number of aromatic nitrogens is 2. The summed E-state index contributed by atoms with van der Waals surface area (Å²) in [4.78, 5) is -0.516. The number of hydrogen-bond donors (Lipinski definition) is 2. The highest BCUT2D eigenvalue weighted by Gasteiger charge is 2.28. The zero-order chi connectivity index (χ0) is 20.9. The number of aromatic amines is 1. The molecule has 7 nitrogen and oxygen atoms in total. The van der Waals surface area contributed by atoms with Gasteiger partial charge < -0.3 is 0 Å². The molecular weight excluding hydrogens is 513 g/mol. The number of sulfonamides is 1. The SMILES string of the molecule is CC(C)(C)c1c(NS(=O)(=O)c2ccccc2S(C)(=O)=O)ccc2n[nH]c(I)c12. The van der Waals surface area contributed by atoms with Crippen LogP contribution in [0.4, 0.5) is 5.69 Å². The highest BCUT2D eigenvalue weighted by Crippen LogP contribution is 2.38. The predicted molar refractivity (Wildman–Crippen MR) is 118 cm³/mol. The van der Waals surface area contributed by atoms with Crippen molar-refractivity contribution >= 4 is 59.0 Å². The number of anilines is 1. The van der Waals surface area contributed by atoms with E-state index < -0.39 is 25.3 Å². The molecule has 0 radical (unpaired) electrons. The first-order valence-corrected chi connectivity index (χ1v) is 12.8. The second-order valence-electron chi connectivity index (χ2n) is 7.49. The molecule has 0 fully saturated rings. The first-order valence-electron chi connectivity index (χ1n) is 8.31. The third-order valence-corrected chi connectivity index (χ3v) is 7.70. The number of benzene rings is 2. The summed E-state index contributed by atoms with van der Waals surface area (Å²) in [5, 5.41) is 8.00. The van der Waals surface area contributed by atoms with Crippen LogP contribution in [0.15, 0.2) is 46.2 Å². The highest BCUT2D eigenvalue weighted by atomic mass is 127. The number of nitrogens with zero attached hydrogens (tertiary/aromatic N) is 1. The minimum Gasteiger partial charge on any atom is -0.279 e. The maximum Gasteiger partial charge on any atom is 0.263 e. The molecule has 2 N–H and O–H groups in total. The average molecular weight is 533 g/mol. The number of halogens is 1. The Hall–Kier alpha value is -1.66. The van der Waals surface area contributed by atoms with Crippen LogP contribution in [0.25, 0.3) is 10.9 Å². The van der Waals surface area contributed by atoms with Gasteiger partial charge in [-0.25, -0.2) is 16.8 Å². The second-order valence-corrected chi connectivity index (χ2v) is 12.2. The summed E-state index contributed by atoms with van der Waals surface area (Å²) in [6, 6.07) is 8.95. The monoisotopic (exact) mass is 533 g/mol. The van der Waals surface area contributed by atoms with E-state index in [1.54, 1.807) is 12.1 Å². The first kappa shape index (κ1) is 21.1. The molecule has 0 unspecified atom stereocenters. The molecule has 10 heteroatoms. The van der Waals surface area contributed by atoms with Gasteiger partial charge in [0.25, 0.3) is 10.0 Å². The van der Waals surface area contributed by atoms with Gasteiger partial charge in [0.1, 0.15) is 8.60 Å². The Morgan fingerprint density at radius 2 is 1.61 bits per heavy atom. The topological polar surface area (TPSA) is 109 Å². The number of fused-ring (bicyclic) bond motifs is 1. The van der Waals surface area contributed by atoms with Crippen LogP contribution in [-0.2, 0) is 25.3 Å². The van der Waals surface area contributed by atoms with Crippen molar-refractivity contribution in [2.75, 3.05) is 11.0 Å². The molecule has 3 rings (SSSR count). The van der Waals surface area contributed by atoms with Crippen LogP contribution in [0.2, 0.25) is 0 Å². The lowest BCUT2D eigenvalue weighted by molar-refractivity contribution is 0.586. The fourth-order valence-corrected chi connectivity index (χ4v) is 6.48. The van der Waals surface area contributed by atoms with Crippen LogP contribution < -0.4 is 4.72 Å². The molecule has 1 heterocycles. The normalized spacial score (nSPS) is 13.0. The van der Waals surface area contributed by atoms with Crippen LogP contribution in [0.5, 0.6) is 0 Å². The Labute approximate surface area is 178 Å². The van der Waals surface area contributed by atoms with Crippen molar-refractivity contribution in [2.24, 2.45) is 0 Å². The Bertz CT molecular complexity index is 1270. The molecule has 0 aliphatic heterocycles. The fraction of sp³-hybridized carbons (Fsp3) is 0.278. The summed E-state index contributed by atoms with van der Waals surface area (Å²) in [7, 11) is -7.85. The molecule has 0 amide bonds. The van der Waals surface area contributed by atoms with Gasteiger partial charge in [-0.15, -0.1) is 0 Å². The first-order chi connectivity index (χ1) is 12.8. The van der Waals surface area contributed by atoms with E-state index in [2.05, 4.69) is 37.5 Å². The summed E-state index contributed by atoms with van der Waals surface area (Å²) in [6.45, 7) is 5.94. The van der Waals surface area contributed by atoms with Gasteiger partial charge in [0.2, 0.25) is 0 Å². The summed E-state index contributed by atoms with van der Waals surface area (Å²) in [5.41, 5.74) is 1.51. The van der Waals surface area contributed by atoms with Gasteiger partial charge >= 0.3 is 0 Å². The van der Waals surface area contributed by atoms with Crippen molar-refractivity contribution in [3.63, 3.8) is 0 Å². The zero-order valence-corrected chi connectivity index (χ0v) is 19.5. The van der Waals surface area contributed by atoms with Crippen LogP contribution >= 0.6 is 22.6 Å². The van der Waals surface area contributed by atoms with Crippen LogP contribution in [0.3, 0.4) is 0 Å². The molecule has 3 aromatic rings. The van der Waals surface area contributed by atoms with E-state index in [1.165, 1.54) is 24.3 Å². The van der Waals surface area contributed by atoms with Gasteiger partial charge in [-0.2, -0.15) is 5.10 Å². The van der Waals surface area contributed by atoms with Crippen LogP contribution in [0, 0.1) is 3.70 Å². The fourth-order valence-electron chi connectivity index (χ4n) is 3.11. The lowest BCUT2D eigenvalue weighted by Crippen LogP contribution is -2.21. The van der Waals surface area contributed by atoms with Gasteiger partial charge in [-0.05, 0) is 57.8 Å². The van der Waals surface area contributed by atoms with Crippen molar-refractivity contribution < 1.29 is 16.8 Å². The smallest absolute Gasteiger partial charge is 0.263 e. The minimum atomic E-state index is -4.14. The molecule has 2 aromatic carbocycles. The number of H-pyrrole nitrogens is 1. The van der Waals surface area contributed by atoms with E-state index in [0.717, 1.165) is 26.4 Å². The van der Waals surface area contributed by atoms with Crippen molar-refractivity contribution in [1.82, 2.24) is 10.2 Å². The number of hydrogen-bond acceptors (Lipinski definition) is 5. The molecule has 0 saturated heterocycles. The van der Waals surface area contributed by atoms with E-state index in [1.807, 2.05) is 20.8 Å². The third-order valence-electron chi connectivity index (χ3n) is 4.21. The largest absolute Gasteiger partial charge is 0.279 e. The molecule has 0 spiro atoms. The Kier molecular flexibility index (Phi) is 5.26. The van der Waals surface area contributed by atoms with Crippen molar-refractivity contribution in [3.8, 4) is 0 Å². The molecule has 150 valence electrons. The summed E-state index contributed by atoms with van der Waals surface area (Å²) >= 11 is 2.13. The number of sulfone groups is 1. The maximum absolute atomic E-state index is 13.1. The maximum atomic E-state index is 13.1. The molecule has 0 saturated carbocycles. The van der Waals surface area contributed by atoms with Gasteiger partial charge in [0.05, 0.1) is 16.1 Å². The van der Waals surface area contributed by atoms with E-state index in [0.29, 0.717) is 5.69 Å². The van der Waals surface area contributed by atoms with Gasteiger partial charge in [0, 0.05) is 11.6 Å². The van der Waals surface area contributed by atoms with Gasteiger partial charge in [0.15, 0.2) is 9.84 Å². The average Bonchev–Trinajstić information content (AvgIpc) is 2.94. The Morgan fingerprint density at radius 1 is 1.00 bits per heavy atom. The molecular formula is C18H20IN3O4S2. The standard InChI is InChI=1S/C18H20IN3O4S2/c1-18(2,3)16-12(10-9-11-15(16)17(19)21-20-11)22-28(25,26)14-8-6-5-7-13(14)27(4,23)24/h5-10,22H,1-4H3,(H,20,21). The molecule has 28 heavy (non-hydrogen) atoms. The lowest BCUT2D eigenvalue weighted by atomic mass is 9.84. The molecule has 0 aliphatic rings. The second kappa shape index (κ2) is 6.99. The van der Waals surface area contributed by atoms with E-state index in [-0.39, 0.29) is 9.79 Å². The molecule has 0 atom stereocenters. The van der Waals surface area contributed by atoms with Crippen molar-refractivity contribution in [1.29, 1.82) is 0 Å². The van der Waals surface area contributed by atoms with E-state index in [4.69, 9.17) is 0 Å². The predicted octanol–water partition coefficient (Wildman–Crippen LogP) is 3.67. The van der Waals surface area contributed by atoms with Gasteiger partial charge in [-0.3, -0.25) is 9.82 Å². The zero-order valence-electron chi connectivity index (χ0n) is 15.7. The number of nitrogens with one attached hydrogen (secondary N) is 2. The highest BCUT2D eigenvalue weighted by molar-refractivity contribution is 14.1. The molecule has 0 aliphatic carbocycles. The lowest BCUT2D eigenvalue weighted by Gasteiger charge is -2.25. The quantitative estimate of drug-likeness (QED) is 0.498. The van der Waals surface area contributed by atoms with E-state index >= 15 is 0 Å². The van der Waals surface area contributed by atoms with Crippen molar-refractivity contribution in [3.05, 3.63) is 45.7 Å². The van der Waals surface area contributed by atoms with Gasteiger partial charge in [-0.1, -0.05) is 32.9 Å². The van der Waals surface area contributed by atoms with Crippen LogP contribution in [-0.4, -0.2) is 33.3 Å². The van der Waals surface area contributed by atoms with E-state index in [9.17, 15) is 16.8 Å². The molecule has 1 aromatic heterocycles.